The van der Waals surface area contributed by atoms with Crippen LogP contribution in [0.1, 0.15) is 38.7 Å². The third kappa shape index (κ3) is 5.24. The lowest BCUT2D eigenvalue weighted by Gasteiger charge is -2.10. The Morgan fingerprint density at radius 1 is 0.974 bits per heavy atom. The zero-order valence-electron chi connectivity index (χ0n) is 20.2. The van der Waals surface area contributed by atoms with Gasteiger partial charge < -0.3 is 5.32 Å². The first-order chi connectivity index (χ1) is 18.3. The first-order valence-corrected chi connectivity index (χ1v) is 12.2. The number of hydrogen-bond donors (Lipinski definition) is 1. The largest absolute Gasteiger partial charge is 0.433 e. The number of amides is 1. The van der Waals surface area contributed by atoms with E-state index in [1.54, 1.807) is 31.4 Å². The minimum Gasteiger partial charge on any atom is -0.317 e. The van der Waals surface area contributed by atoms with Crippen LogP contribution >= 0.6 is 11.3 Å². The monoisotopic (exact) mass is 564 g/mol. The van der Waals surface area contributed by atoms with Gasteiger partial charge in [0.1, 0.15) is 0 Å². The summed E-state index contributed by atoms with van der Waals surface area (Å²) in [6.07, 6.45) is -9.26. The molecule has 5 rings (SSSR count). The van der Waals surface area contributed by atoms with Crippen molar-refractivity contribution in [1.29, 1.82) is 0 Å². The van der Waals surface area contributed by atoms with Crippen molar-refractivity contribution < 1.29 is 31.1 Å². The second kappa shape index (κ2) is 9.52. The van der Waals surface area contributed by atoms with E-state index in [1.165, 1.54) is 28.2 Å². The second-order valence-electron chi connectivity index (χ2n) is 8.66. The lowest BCUT2D eigenvalue weighted by atomic mass is 10.1. The van der Waals surface area contributed by atoms with Crippen LogP contribution in [0.2, 0.25) is 0 Å². The van der Waals surface area contributed by atoms with E-state index in [9.17, 15) is 31.1 Å². The molecule has 14 heteroatoms. The Morgan fingerprint density at radius 2 is 1.74 bits per heavy atom. The molecule has 5 aromatic rings. The number of nitrogens with one attached hydrogen (secondary N) is 1. The minimum absolute atomic E-state index is 0.00515. The zero-order valence-corrected chi connectivity index (χ0v) is 21.0. The average molecular weight is 565 g/mol. The van der Waals surface area contributed by atoms with E-state index in [2.05, 4.69) is 20.5 Å². The van der Waals surface area contributed by atoms with Crippen molar-refractivity contribution in [3.8, 4) is 10.6 Å². The summed E-state index contributed by atoms with van der Waals surface area (Å²) < 4.78 is 82.7. The summed E-state index contributed by atoms with van der Waals surface area (Å²) in [6, 6.07) is 10.1. The molecule has 1 N–H and O–H groups in total. The summed E-state index contributed by atoms with van der Waals surface area (Å²) >= 11 is 1.22. The van der Waals surface area contributed by atoms with Crippen molar-refractivity contribution in [3.05, 3.63) is 87.8 Å². The lowest BCUT2D eigenvalue weighted by Crippen LogP contribution is -2.16. The van der Waals surface area contributed by atoms with Gasteiger partial charge in [-0.05, 0) is 49.1 Å². The number of alkyl halides is 6. The smallest absolute Gasteiger partial charge is 0.317 e. The standard InChI is InChI=1S/C25H18F6N6OS/c1-13-22(14(2)36(34-13)12-15-5-3-6-16(9-15)24(26,27)28)33-23(38)18-11-21-32-17(19-7-4-8-39-19)10-20(25(29,30)31)37(21)35-18/h3-11H,12H2,1-2H3,(H,33,38). The van der Waals surface area contributed by atoms with Gasteiger partial charge in [-0.1, -0.05) is 18.2 Å². The van der Waals surface area contributed by atoms with E-state index < -0.39 is 29.5 Å². The number of nitrogens with zero attached hydrogens (tertiary/aromatic N) is 5. The summed E-state index contributed by atoms with van der Waals surface area (Å²) in [7, 11) is 0. The van der Waals surface area contributed by atoms with Crippen LogP contribution < -0.4 is 5.32 Å². The van der Waals surface area contributed by atoms with Crippen molar-refractivity contribution in [2.75, 3.05) is 5.32 Å². The van der Waals surface area contributed by atoms with Gasteiger partial charge in [0.05, 0.1) is 39.8 Å². The molecular formula is C25H18F6N6OS. The van der Waals surface area contributed by atoms with E-state index in [0.29, 0.717) is 26.3 Å². The fourth-order valence-electron chi connectivity index (χ4n) is 4.07. The molecule has 4 aromatic heterocycles. The van der Waals surface area contributed by atoms with Crippen LogP contribution in [0.3, 0.4) is 0 Å². The van der Waals surface area contributed by atoms with Crippen LogP contribution in [-0.2, 0) is 18.9 Å². The van der Waals surface area contributed by atoms with Crippen molar-refractivity contribution in [1.82, 2.24) is 24.4 Å². The molecule has 7 nitrogen and oxygen atoms in total. The normalized spacial score (nSPS) is 12.3. The molecule has 0 saturated carbocycles. The molecule has 1 amide bonds. The number of hydrogen-bond acceptors (Lipinski definition) is 5. The number of benzene rings is 1. The van der Waals surface area contributed by atoms with Gasteiger partial charge in [0.15, 0.2) is 17.0 Å². The van der Waals surface area contributed by atoms with Gasteiger partial charge in [0, 0.05) is 6.07 Å². The number of aromatic nitrogens is 5. The zero-order chi connectivity index (χ0) is 28.1. The quantitative estimate of drug-likeness (QED) is 0.244. The third-order valence-electron chi connectivity index (χ3n) is 5.93. The van der Waals surface area contributed by atoms with Gasteiger partial charge in [-0.2, -0.15) is 36.5 Å². The molecular weight excluding hydrogens is 546 g/mol. The van der Waals surface area contributed by atoms with Crippen molar-refractivity contribution >= 4 is 28.6 Å². The molecule has 0 bridgehead atoms. The lowest BCUT2D eigenvalue weighted by molar-refractivity contribution is -0.142. The van der Waals surface area contributed by atoms with E-state index in [-0.39, 0.29) is 29.3 Å². The Morgan fingerprint density at radius 3 is 2.41 bits per heavy atom. The average Bonchev–Trinajstić information content (AvgIpc) is 3.59. The maximum absolute atomic E-state index is 13.8. The topological polar surface area (TPSA) is 77.1 Å². The minimum atomic E-state index is -4.76. The summed E-state index contributed by atoms with van der Waals surface area (Å²) in [5.74, 6) is -0.795. The first kappa shape index (κ1) is 26.4. The summed E-state index contributed by atoms with van der Waals surface area (Å²) in [6.45, 7) is 3.21. The van der Waals surface area contributed by atoms with E-state index in [0.717, 1.165) is 24.3 Å². The highest BCUT2D eigenvalue weighted by molar-refractivity contribution is 7.13. The van der Waals surface area contributed by atoms with Crippen LogP contribution in [0.5, 0.6) is 0 Å². The van der Waals surface area contributed by atoms with E-state index in [1.807, 2.05) is 0 Å². The van der Waals surface area contributed by atoms with Gasteiger partial charge in [-0.25, -0.2) is 9.50 Å². The number of thiophene rings is 1. The molecule has 0 aliphatic rings. The Bertz CT molecular complexity index is 1680. The Balaban J connectivity index is 1.44. The molecule has 4 heterocycles. The highest BCUT2D eigenvalue weighted by Gasteiger charge is 2.36. The summed E-state index contributed by atoms with van der Waals surface area (Å²) in [5, 5.41) is 12.5. The fraction of sp³-hybridized carbons (Fsp3) is 0.200. The van der Waals surface area contributed by atoms with Gasteiger partial charge in [-0.15, -0.1) is 11.3 Å². The molecule has 1 aromatic carbocycles. The predicted molar refractivity (Wildman–Crippen MR) is 132 cm³/mol. The maximum atomic E-state index is 13.8. The second-order valence-corrected chi connectivity index (χ2v) is 9.60. The third-order valence-corrected chi connectivity index (χ3v) is 6.82. The van der Waals surface area contributed by atoms with Crippen LogP contribution in [-0.4, -0.2) is 30.3 Å². The molecule has 0 aliphatic heterocycles. The molecule has 0 atom stereocenters. The van der Waals surface area contributed by atoms with Crippen molar-refractivity contribution in [2.24, 2.45) is 0 Å². The molecule has 0 radical (unpaired) electrons. The Hall–Kier alpha value is -4.20. The molecule has 39 heavy (non-hydrogen) atoms. The molecule has 0 aliphatic carbocycles. The number of rotatable bonds is 5. The van der Waals surface area contributed by atoms with Gasteiger partial charge >= 0.3 is 12.4 Å². The van der Waals surface area contributed by atoms with Crippen molar-refractivity contribution in [2.45, 2.75) is 32.7 Å². The van der Waals surface area contributed by atoms with E-state index in [4.69, 9.17) is 0 Å². The molecule has 202 valence electrons. The Labute approximate surface area is 220 Å². The van der Waals surface area contributed by atoms with Gasteiger partial charge in [0.2, 0.25) is 0 Å². The number of carbonyl (C=O) groups excluding carboxylic acids is 1. The highest BCUT2D eigenvalue weighted by atomic mass is 32.1. The number of halogens is 6. The van der Waals surface area contributed by atoms with Crippen LogP contribution in [0.4, 0.5) is 32.0 Å². The summed E-state index contributed by atoms with van der Waals surface area (Å²) in [4.78, 5) is 17.8. The molecule has 0 fully saturated rings. The SMILES string of the molecule is Cc1nn(Cc2cccc(C(F)(F)F)c2)c(C)c1NC(=O)c1cc2nc(-c3cccs3)cc(C(F)(F)F)n2n1. The maximum Gasteiger partial charge on any atom is 0.433 e. The first-order valence-electron chi connectivity index (χ1n) is 11.3. The van der Waals surface area contributed by atoms with E-state index >= 15 is 0 Å². The number of fused-ring (bicyclic) bond motifs is 1. The van der Waals surface area contributed by atoms with Crippen molar-refractivity contribution in [3.63, 3.8) is 0 Å². The summed E-state index contributed by atoms with van der Waals surface area (Å²) in [5.41, 5.74) is -0.825. The van der Waals surface area contributed by atoms with Gasteiger partial charge in [0.25, 0.3) is 5.91 Å². The molecule has 0 saturated heterocycles. The number of aryl methyl sites for hydroxylation is 1. The fourth-order valence-corrected chi connectivity index (χ4v) is 4.75. The number of carbonyl (C=O) groups is 1. The van der Waals surface area contributed by atoms with Crippen LogP contribution in [0, 0.1) is 13.8 Å². The highest BCUT2D eigenvalue weighted by Crippen LogP contribution is 2.34. The molecule has 0 spiro atoms. The molecule has 0 unspecified atom stereocenters. The van der Waals surface area contributed by atoms with Gasteiger partial charge in [-0.3, -0.25) is 9.48 Å². The van der Waals surface area contributed by atoms with Crippen LogP contribution in [0.25, 0.3) is 16.2 Å². The number of anilines is 1. The Kier molecular flexibility index (Phi) is 6.45. The van der Waals surface area contributed by atoms with Crippen LogP contribution in [0.15, 0.2) is 53.9 Å². The predicted octanol–water partition coefficient (Wildman–Crippen LogP) is 6.61.